The van der Waals surface area contributed by atoms with Gasteiger partial charge in [0, 0.05) is 23.2 Å². The molecule has 4 rings (SSSR count). The maximum absolute atomic E-state index is 12.9. The molecule has 1 unspecified atom stereocenters. The summed E-state index contributed by atoms with van der Waals surface area (Å²) in [5, 5.41) is 0. The van der Waals surface area contributed by atoms with Gasteiger partial charge < -0.3 is 4.90 Å². The number of likely N-dealkylation sites (tertiary alicyclic amines) is 1. The average molecular weight is 393 g/mol. The fourth-order valence-corrected chi connectivity index (χ4v) is 4.18. The van der Waals surface area contributed by atoms with Crippen LogP contribution in [0.2, 0.25) is 0 Å². The summed E-state index contributed by atoms with van der Waals surface area (Å²) in [5.74, 6) is 1.53. The van der Waals surface area contributed by atoms with Gasteiger partial charge in [-0.25, -0.2) is 9.97 Å². The molecule has 6 nitrogen and oxygen atoms in total. The molecule has 2 aliphatic heterocycles. The predicted octanol–water partition coefficient (Wildman–Crippen LogP) is 3.58. The first kappa shape index (κ1) is 19.6. The lowest BCUT2D eigenvalue weighted by atomic mass is 9.94. The van der Waals surface area contributed by atoms with Crippen LogP contribution in [0.1, 0.15) is 62.3 Å². The summed E-state index contributed by atoms with van der Waals surface area (Å²) >= 11 is 0. The number of benzene rings is 1. The molecular weight excluding hydrogens is 364 g/mol. The molecular formula is C23H28N4O2. The van der Waals surface area contributed by atoms with Gasteiger partial charge in [0.05, 0.1) is 19.0 Å². The van der Waals surface area contributed by atoms with Gasteiger partial charge in [0.25, 0.3) is 0 Å². The molecule has 1 atom stereocenters. The number of nitrogens with zero attached hydrogens (tertiary/aromatic N) is 4. The lowest BCUT2D eigenvalue weighted by Gasteiger charge is -2.30. The Morgan fingerprint density at radius 2 is 1.90 bits per heavy atom. The molecule has 1 aromatic heterocycles. The van der Waals surface area contributed by atoms with Gasteiger partial charge in [-0.2, -0.15) is 0 Å². The third kappa shape index (κ3) is 3.63. The van der Waals surface area contributed by atoms with E-state index in [2.05, 4.69) is 0 Å². The van der Waals surface area contributed by atoms with Gasteiger partial charge in [-0.05, 0) is 25.3 Å². The van der Waals surface area contributed by atoms with Gasteiger partial charge in [-0.15, -0.1) is 0 Å². The van der Waals surface area contributed by atoms with Crippen LogP contribution in [0.3, 0.4) is 0 Å². The molecule has 0 bridgehead atoms. The minimum atomic E-state index is -0.441. The molecule has 2 amide bonds. The summed E-state index contributed by atoms with van der Waals surface area (Å²) in [5.41, 5.74) is 2.37. The highest BCUT2D eigenvalue weighted by molar-refractivity contribution is 6.00. The van der Waals surface area contributed by atoms with Crippen molar-refractivity contribution in [3.63, 3.8) is 0 Å². The number of hydrogen-bond donors (Lipinski definition) is 0. The van der Waals surface area contributed by atoms with Crippen molar-refractivity contribution in [2.24, 2.45) is 5.41 Å². The van der Waals surface area contributed by atoms with Gasteiger partial charge in [0.2, 0.25) is 11.8 Å². The Morgan fingerprint density at radius 3 is 2.59 bits per heavy atom. The van der Waals surface area contributed by atoms with Gasteiger partial charge >= 0.3 is 0 Å². The number of fused-ring (bicyclic) bond motifs is 1. The number of carbonyl (C=O) groups is 2. The van der Waals surface area contributed by atoms with Crippen molar-refractivity contribution < 1.29 is 9.59 Å². The number of aryl methyl sites for hydroxylation is 1. The highest BCUT2D eigenvalue weighted by atomic mass is 16.2. The third-order valence-electron chi connectivity index (χ3n) is 5.73. The standard InChI is InChI=1S/C23H28N4O2/c1-15-17-13-19(28)27(14-16-9-6-5-7-10-16)21(17)25-20(24-15)18-11-8-12-26(18)22(29)23(2,3)4/h5-7,9-10,18H,8,11-14H2,1-4H3. The Hall–Kier alpha value is -2.76. The van der Waals surface area contributed by atoms with Crippen LogP contribution in [-0.2, 0) is 22.6 Å². The van der Waals surface area contributed by atoms with E-state index in [-0.39, 0.29) is 17.9 Å². The summed E-state index contributed by atoms with van der Waals surface area (Å²) in [6.07, 6.45) is 2.13. The van der Waals surface area contributed by atoms with Crippen molar-refractivity contribution in [3.05, 3.63) is 53.0 Å². The molecule has 6 heteroatoms. The van der Waals surface area contributed by atoms with E-state index >= 15 is 0 Å². The Balaban J connectivity index is 1.69. The molecule has 1 aromatic carbocycles. The van der Waals surface area contributed by atoms with Crippen molar-refractivity contribution in [1.29, 1.82) is 0 Å². The lowest BCUT2D eigenvalue weighted by molar-refractivity contribution is -0.140. The minimum Gasteiger partial charge on any atom is -0.332 e. The maximum Gasteiger partial charge on any atom is 0.233 e. The van der Waals surface area contributed by atoms with Crippen molar-refractivity contribution >= 4 is 17.6 Å². The highest BCUT2D eigenvalue weighted by Crippen LogP contribution is 2.37. The molecule has 29 heavy (non-hydrogen) atoms. The number of hydrogen-bond acceptors (Lipinski definition) is 4. The van der Waals surface area contributed by atoms with E-state index in [1.54, 1.807) is 4.90 Å². The number of aromatic nitrogens is 2. The highest BCUT2D eigenvalue weighted by Gasteiger charge is 2.39. The Morgan fingerprint density at radius 1 is 1.17 bits per heavy atom. The second kappa shape index (κ2) is 7.25. The van der Waals surface area contributed by atoms with Crippen LogP contribution in [0, 0.1) is 12.3 Å². The van der Waals surface area contributed by atoms with E-state index in [0.29, 0.717) is 24.6 Å². The normalized spacial score (nSPS) is 19.0. The SMILES string of the molecule is Cc1nc(C2CCCN2C(=O)C(C)(C)C)nc2c1CC(=O)N2Cc1ccccc1. The van der Waals surface area contributed by atoms with E-state index in [4.69, 9.17) is 9.97 Å². The van der Waals surface area contributed by atoms with Crippen LogP contribution in [-0.4, -0.2) is 33.2 Å². The molecule has 0 radical (unpaired) electrons. The first-order chi connectivity index (χ1) is 13.8. The predicted molar refractivity (Wildman–Crippen MR) is 111 cm³/mol. The molecule has 0 aliphatic carbocycles. The van der Waals surface area contributed by atoms with Gasteiger partial charge in [0.1, 0.15) is 5.82 Å². The fourth-order valence-electron chi connectivity index (χ4n) is 4.18. The smallest absolute Gasteiger partial charge is 0.233 e. The Bertz CT molecular complexity index is 949. The summed E-state index contributed by atoms with van der Waals surface area (Å²) in [7, 11) is 0. The second-order valence-electron chi connectivity index (χ2n) is 9.02. The topological polar surface area (TPSA) is 66.4 Å². The van der Waals surface area contributed by atoms with Gasteiger partial charge in [0.15, 0.2) is 5.82 Å². The van der Waals surface area contributed by atoms with E-state index in [1.165, 1.54) is 0 Å². The molecule has 152 valence electrons. The number of rotatable bonds is 3. The van der Waals surface area contributed by atoms with E-state index in [0.717, 1.165) is 36.2 Å². The zero-order valence-electron chi connectivity index (χ0n) is 17.6. The quantitative estimate of drug-likeness (QED) is 0.801. The molecule has 0 spiro atoms. The van der Waals surface area contributed by atoms with Crippen LogP contribution < -0.4 is 4.90 Å². The van der Waals surface area contributed by atoms with Crippen molar-refractivity contribution in [3.8, 4) is 0 Å². The zero-order valence-corrected chi connectivity index (χ0v) is 17.6. The van der Waals surface area contributed by atoms with Crippen LogP contribution in [0.15, 0.2) is 30.3 Å². The average Bonchev–Trinajstić information content (AvgIpc) is 3.27. The molecule has 0 N–H and O–H groups in total. The van der Waals surface area contributed by atoms with Crippen LogP contribution in [0.25, 0.3) is 0 Å². The minimum absolute atomic E-state index is 0.0486. The van der Waals surface area contributed by atoms with Gasteiger partial charge in [-0.1, -0.05) is 51.1 Å². The molecule has 0 saturated carbocycles. The van der Waals surface area contributed by atoms with Gasteiger partial charge in [-0.3, -0.25) is 14.5 Å². The van der Waals surface area contributed by atoms with Crippen LogP contribution in [0.5, 0.6) is 0 Å². The first-order valence-electron chi connectivity index (χ1n) is 10.3. The first-order valence-corrected chi connectivity index (χ1v) is 10.3. The number of anilines is 1. The molecule has 2 aliphatic rings. The summed E-state index contributed by atoms with van der Waals surface area (Å²) in [6.45, 7) is 9.00. The lowest BCUT2D eigenvalue weighted by Crippen LogP contribution is -2.39. The van der Waals surface area contributed by atoms with E-state index in [9.17, 15) is 9.59 Å². The van der Waals surface area contributed by atoms with Crippen molar-refractivity contribution in [2.45, 2.75) is 59.5 Å². The third-order valence-corrected chi connectivity index (χ3v) is 5.73. The Kier molecular flexibility index (Phi) is 4.89. The number of carbonyl (C=O) groups excluding carboxylic acids is 2. The fraction of sp³-hybridized carbons (Fsp3) is 0.478. The summed E-state index contributed by atoms with van der Waals surface area (Å²) in [4.78, 5) is 38.9. The second-order valence-corrected chi connectivity index (χ2v) is 9.02. The summed E-state index contributed by atoms with van der Waals surface area (Å²) < 4.78 is 0. The molecule has 3 heterocycles. The zero-order chi connectivity index (χ0) is 20.8. The summed E-state index contributed by atoms with van der Waals surface area (Å²) in [6, 6.07) is 9.82. The maximum atomic E-state index is 12.9. The van der Waals surface area contributed by atoms with Crippen LogP contribution in [0.4, 0.5) is 5.82 Å². The van der Waals surface area contributed by atoms with E-state index < -0.39 is 5.41 Å². The van der Waals surface area contributed by atoms with Crippen molar-refractivity contribution in [1.82, 2.24) is 14.9 Å². The molecule has 2 aromatic rings. The van der Waals surface area contributed by atoms with Crippen molar-refractivity contribution in [2.75, 3.05) is 11.4 Å². The molecule has 1 saturated heterocycles. The number of amides is 2. The molecule has 1 fully saturated rings. The monoisotopic (exact) mass is 392 g/mol. The largest absolute Gasteiger partial charge is 0.332 e. The Labute approximate surface area is 172 Å². The van der Waals surface area contributed by atoms with Crippen LogP contribution >= 0.6 is 0 Å². The van der Waals surface area contributed by atoms with E-state index in [1.807, 2.05) is 62.9 Å².